The molecule has 0 spiro atoms. The Morgan fingerprint density at radius 3 is 2.56 bits per heavy atom. The molecule has 4 heterocycles. The highest BCUT2D eigenvalue weighted by Crippen LogP contribution is 2.46. The number of ether oxygens (including phenoxy) is 1. The van der Waals surface area contributed by atoms with E-state index in [9.17, 15) is 17.6 Å². The number of sulfone groups is 1. The minimum Gasteiger partial charge on any atom is -0.446 e. The van der Waals surface area contributed by atoms with Gasteiger partial charge in [0.1, 0.15) is 16.8 Å². The lowest BCUT2D eigenvalue weighted by Crippen LogP contribution is -2.53. The maximum atomic E-state index is 14.9. The topological polar surface area (TPSA) is 126 Å². The van der Waals surface area contributed by atoms with E-state index in [4.69, 9.17) is 10.5 Å². The summed E-state index contributed by atoms with van der Waals surface area (Å²) in [6, 6.07) is 13.9. The fourth-order valence-electron chi connectivity index (χ4n) is 8.10. The monoisotopic (exact) mass is 705 g/mol. The summed E-state index contributed by atoms with van der Waals surface area (Å²) < 4.78 is 48.9. The summed E-state index contributed by atoms with van der Waals surface area (Å²) in [4.78, 5) is 27.9. The molecule has 0 radical (unpaired) electrons. The smallest absolute Gasteiger partial charge is 0.416 e. The average molecular weight is 706 g/mol. The van der Waals surface area contributed by atoms with E-state index in [-0.39, 0.29) is 27.6 Å². The van der Waals surface area contributed by atoms with Crippen molar-refractivity contribution < 1.29 is 22.3 Å². The number of allylic oxidation sites excluding steroid dienone is 1. The average Bonchev–Trinajstić information content (AvgIpc) is 3.56. The molecule has 2 atom stereocenters. The van der Waals surface area contributed by atoms with E-state index in [0.29, 0.717) is 24.8 Å². The van der Waals surface area contributed by atoms with Gasteiger partial charge in [-0.25, -0.2) is 22.6 Å². The van der Waals surface area contributed by atoms with Crippen molar-refractivity contribution in [3.8, 4) is 0 Å². The van der Waals surface area contributed by atoms with Gasteiger partial charge in [-0.15, -0.1) is 0 Å². The molecule has 1 unspecified atom stereocenters. The standard InChI is InChI=1S/C37H48FN7O4S/c1-4-6-32-20-37(29-7-5-8-30(38)19-29,26-44-18-15-41-35(44)42(3)36(46)49-32)28-13-16-43(17-14-28)23-27-24-45(25-27)31-9-11-33(12-10-31)50(47,48)34(21-39)22-40-2/h5,7-12,15,18-19,21-22,27-28,32H,4,6,13-14,16-17,20,23-26,39H2,1-3H3/t32-,37?/m1/s1. The first-order valence-corrected chi connectivity index (χ1v) is 18.9. The molecular weight excluding hydrogens is 658 g/mol. The number of rotatable bonds is 10. The van der Waals surface area contributed by atoms with E-state index in [1.165, 1.54) is 24.2 Å². The molecule has 6 rings (SSSR count). The third-order valence-corrected chi connectivity index (χ3v) is 12.4. The minimum absolute atomic E-state index is 0.0317. The highest BCUT2D eigenvalue weighted by Gasteiger charge is 2.46. The molecule has 3 aliphatic rings. The van der Waals surface area contributed by atoms with Gasteiger partial charge in [0.25, 0.3) is 0 Å². The first kappa shape index (κ1) is 35.6. The number of benzene rings is 2. The number of anilines is 2. The molecule has 2 saturated heterocycles. The molecule has 0 aliphatic carbocycles. The van der Waals surface area contributed by atoms with Gasteiger partial charge in [0, 0.05) is 82.1 Å². The number of carbonyl (C=O) groups is 1. The van der Waals surface area contributed by atoms with Crippen LogP contribution in [0.25, 0.3) is 0 Å². The van der Waals surface area contributed by atoms with Crippen LogP contribution in [0.4, 0.5) is 20.8 Å². The maximum Gasteiger partial charge on any atom is 0.416 e. The molecule has 11 nitrogen and oxygen atoms in total. The van der Waals surface area contributed by atoms with Gasteiger partial charge in [0.2, 0.25) is 15.8 Å². The van der Waals surface area contributed by atoms with Crippen LogP contribution in [0.1, 0.15) is 44.6 Å². The van der Waals surface area contributed by atoms with E-state index in [0.717, 1.165) is 75.9 Å². The van der Waals surface area contributed by atoms with Gasteiger partial charge >= 0.3 is 6.09 Å². The number of nitrogens with two attached hydrogens (primary N) is 1. The van der Waals surface area contributed by atoms with Crippen LogP contribution in [0.2, 0.25) is 0 Å². The summed E-state index contributed by atoms with van der Waals surface area (Å²) >= 11 is 0. The predicted molar refractivity (Wildman–Crippen MR) is 194 cm³/mol. The number of hydrogen-bond acceptors (Lipinski definition) is 9. The van der Waals surface area contributed by atoms with Gasteiger partial charge in [0.05, 0.1) is 4.90 Å². The van der Waals surface area contributed by atoms with Gasteiger partial charge in [-0.05, 0) is 86.7 Å². The summed E-state index contributed by atoms with van der Waals surface area (Å²) in [7, 11) is -0.527. The van der Waals surface area contributed by atoms with Gasteiger partial charge in [-0.2, -0.15) is 0 Å². The molecule has 13 heteroatoms. The molecule has 1 aromatic heterocycles. The second-order valence-corrected chi connectivity index (χ2v) is 15.8. The van der Waals surface area contributed by atoms with Crippen molar-refractivity contribution in [3.05, 3.63) is 83.4 Å². The van der Waals surface area contributed by atoms with Crippen LogP contribution < -0.4 is 15.5 Å². The van der Waals surface area contributed by atoms with Gasteiger partial charge in [-0.1, -0.05) is 25.5 Å². The van der Waals surface area contributed by atoms with Crippen molar-refractivity contribution in [1.29, 1.82) is 0 Å². The zero-order chi connectivity index (χ0) is 35.5. The Bertz CT molecular complexity index is 1810. The third kappa shape index (κ3) is 7.16. The Hall–Kier alpha value is -4.23. The molecule has 50 heavy (non-hydrogen) atoms. The number of carbonyl (C=O) groups excluding carboxylic acids is 1. The summed E-state index contributed by atoms with van der Waals surface area (Å²) in [5.74, 6) is 1.00. The first-order chi connectivity index (χ1) is 24.1. The molecule has 3 aromatic rings. The minimum atomic E-state index is -3.73. The number of amides is 1. The summed E-state index contributed by atoms with van der Waals surface area (Å²) in [5, 5.41) is 0. The number of likely N-dealkylation sites (tertiary alicyclic amines) is 1. The number of hydrogen-bond donors (Lipinski definition) is 1. The Morgan fingerprint density at radius 2 is 1.90 bits per heavy atom. The summed E-state index contributed by atoms with van der Waals surface area (Å²) in [6.07, 6.45) is 9.30. The van der Waals surface area contributed by atoms with Crippen molar-refractivity contribution in [2.24, 2.45) is 22.6 Å². The number of aliphatic imine (C=N–C) groups is 1. The van der Waals surface area contributed by atoms with Crippen molar-refractivity contribution >= 4 is 33.8 Å². The van der Waals surface area contributed by atoms with Gasteiger partial charge in [0.15, 0.2) is 0 Å². The number of fused-ring (bicyclic) bond motifs is 1. The van der Waals surface area contributed by atoms with Gasteiger partial charge in [-0.3, -0.25) is 9.89 Å². The van der Waals surface area contributed by atoms with Crippen LogP contribution in [0, 0.1) is 17.7 Å². The van der Waals surface area contributed by atoms with E-state index in [2.05, 4.69) is 26.7 Å². The van der Waals surface area contributed by atoms with E-state index >= 15 is 0 Å². The number of piperidine rings is 1. The number of imidazole rings is 1. The van der Waals surface area contributed by atoms with Gasteiger partial charge < -0.3 is 24.8 Å². The summed E-state index contributed by atoms with van der Waals surface area (Å²) in [5.41, 5.74) is 7.01. The molecule has 0 saturated carbocycles. The van der Waals surface area contributed by atoms with Crippen molar-refractivity contribution in [1.82, 2.24) is 14.5 Å². The second-order valence-electron chi connectivity index (χ2n) is 13.9. The van der Waals surface area contributed by atoms with Crippen LogP contribution in [-0.2, 0) is 26.5 Å². The zero-order valence-electron chi connectivity index (χ0n) is 29.1. The second kappa shape index (κ2) is 14.9. The Labute approximate surface area is 294 Å². The Kier molecular flexibility index (Phi) is 10.6. The number of cyclic esters (lactones) is 1. The zero-order valence-corrected chi connectivity index (χ0v) is 29.9. The molecule has 2 fully saturated rings. The SMILES string of the molecule is CCC[C@@H]1CC(c2cccc(F)c2)(C2CCN(CC3CN(c4ccc(S(=O)(=O)C(C=NC)=CN)cc4)C3)CC2)Cn2ccnc2N(C)C(=O)O1. The van der Waals surface area contributed by atoms with Crippen LogP contribution in [0.5, 0.6) is 0 Å². The summed E-state index contributed by atoms with van der Waals surface area (Å²) in [6.45, 7) is 7.31. The van der Waals surface area contributed by atoms with Crippen molar-refractivity contribution in [2.45, 2.75) is 62.0 Å². The molecule has 2 N–H and O–H groups in total. The Morgan fingerprint density at radius 1 is 1.16 bits per heavy atom. The molecule has 1 amide bonds. The molecule has 268 valence electrons. The van der Waals surface area contributed by atoms with Crippen LogP contribution in [0.15, 0.2) is 81.9 Å². The van der Waals surface area contributed by atoms with Crippen molar-refractivity contribution in [3.63, 3.8) is 0 Å². The third-order valence-electron chi connectivity index (χ3n) is 10.7. The first-order valence-electron chi connectivity index (χ1n) is 17.5. The number of aromatic nitrogens is 2. The Balaban J connectivity index is 1.14. The predicted octanol–water partition coefficient (Wildman–Crippen LogP) is 5.23. The largest absolute Gasteiger partial charge is 0.446 e. The highest BCUT2D eigenvalue weighted by molar-refractivity contribution is 7.96. The van der Waals surface area contributed by atoms with E-state index in [1.807, 2.05) is 29.0 Å². The highest BCUT2D eigenvalue weighted by atomic mass is 32.2. The fraction of sp³-hybridized carbons (Fsp3) is 0.486. The molecule has 0 bridgehead atoms. The maximum absolute atomic E-state index is 14.9. The lowest BCUT2D eigenvalue weighted by atomic mass is 9.63. The normalized spacial score (nSPS) is 23.2. The van der Waals surface area contributed by atoms with Crippen LogP contribution >= 0.6 is 0 Å². The molecule has 3 aliphatic heterocycles. The van der Waals surface area contributed by atoms with E-state index in [1.54, 1.807) is 37.5 Å². The number of halogens is 1. The van der Waals surface area contributed by atoms with Crippen LogP contribution in [0.3, 0.4) is 0 Å². The lowest BCUT2D eigenvalue weighted by Gasteiger charge is -2.48. The molecular formula is C37H48FN7O4S. The quantitative estimate of drug-likeness (QED) is 0.285. The fourth-order valence-corrected chi connectivity index (χ4v) is 9.29. The lowest BCUT2D eigenvalue weighted by molar-refractivity contribution is 0.0411. The molecule has 2 aromatic carbocycles. The van der Waals surface area contributed by atoms with Crippen LogP contribution in [-0.4, -0.2) is 88.1 Å². The number of nitrogens with zero attached hydrogens (tertiary/aromatic N) is 6. The van der Waals surface area contributed by atoms with E-state index < -0.39 is 21.3 Å². The van der Waals surface area contributed by atoms with Crippen molar-refractivity contribution in [2.75, 3.05) is 56.6 Å².